The number of ether oxygens (including phenoxy) is 1. The van der Waals surface area contributed by atoms with Crippen LogP contribution in [0.5, 0.6) is 5.75 Å². The molecule has 2 atom stereocenters. The lowest BCUT2D eigenvalue weighted by Gasteiger charge is -2.18. The monoisotopic (exact) mass is 222 g/mol. The first-order valence-corrected chi connectivity index (χ1v) is 5.36. The first kappa shape index (κ1) is 12.5. The first-order valence-electron chi connectivity index (χ1n) is 5.36. The summed E-state index contributed by atoms with van der Waals surface area (Å²) in [5.41, 5.74) is 12.0. The van der Waals surface area contributed by atoms with Crippen LogP contribution >= 0.6 is 0 Å². The molecular weight excluding hydrogens is 204 g/mol. The maximum atomic E-state index is 10.9. The number of para-hydroxylation sites is 1. The fraction of sp³-hybridized carbons (Fsp3) is 0.417. The Morgan fingerprint density at radius 2 is 2.06 bits per heavy atom. The first-order chi connectivity index (χ1) is 7.56. The molecule has 88 valence electrons. The van der Waals surface area contributed by atoms with Crippen LogP contribution in [0.1, 0.15) is 31.9 Å². The SMILES string of the molecule is CCC(N)c1ccccc1OC(C)C(N)=O. The Bertz CT molecular complexity index is 366. The smallest absolute Gasteiger partial charge is 0.258 e. The van der Waals surface area contributed by atoms with Gasteiger partial charge in [-0.3, -0.25) is 4.79 Å². The largest absolute Gasteiger partial charge is 0.481 e. The molecule has 16 heavy (non-hydrogen) atoms. The fourth-order valence-electron chi connectivity index (χ4n) is 1.36. The second kappa shape index (κ2) is 5.51. The van der Waals surface area contributed by atoms with Gasteiger partial charge in [0.2, 0.25) is 0 Å². The molecule has 0 aromatic heterocycles. The Morgan fingerprint density at radius 1 is 1.44 bits per heavy atom. The highest BCUT2D eigenvalue weighted by Gasteiger charge is 2.15. The van der Waals surface area contributed by atoms with E-state index in [2.05, 4.69) is 0 Å². The molecule has 0 bridgehead atoms. The molecule has 1 aromatic rings. The molecule has 0 saturated heterocycles. The average molecular weight is 222 g/mol. The Morgan fingerprint density at radius 3 is 2.62 bits per heavy atom. The number of primary amides is 1. The lowest BCUT2D eigenvalue weighted by atomic mass is 10.0. The van der Waals surface area contributed by atoms with Gasteiger partial charge in [0.1, 0.15) is 5.75 Å². The zero-order valence-corrected chi connectivity index (χ0v) is 9.64. The minimum Gasteiger partial charge on any atom is -0.481 e. The van der Waals surface area contributed by atoms with Crippen molar-refractivity contribution in [3.8, 4) is 5.75 Å². The standard InChI is InChI=1S/C12H18N2O2/c1-3-10(13)9-6-4-5-7-11(9)16-8(2)12(14)15/h4-8,10H,3,13H2,1-2H3,(H2,14,15). The summed E-state index contributed by atoms with van der Waals surface area (Å²) in [4.78, 5) is 10.9. The van der Waals surface area contributed by atoms with Crippen molar-refractivity contribution in [2.24, 2.45) is 11.5 Å². The topological polar surface area (TPSA) is 78.3 Å². The van der Waals surface area contributed by atoms with Gasteiger partial charge in [0.25, 0.3) is 5.91 Å². The third kappa shape index (κ3) is 2.97. The maximum absolute atomic E-state index is 10.9. The predicted molar refractivity (Wildman–Crippen MR) is 62.9 cm³/mol. The molecule has 0 aliphatic carbocycles. The third-order valence-electron chi connectivity index (χ3n) is 2.46. The molecule has 0 fully saturated rings. The summed E-state index contributed by atoms with van der Waals surface area (Å²) in [7, 11) is 0. The molecule has 1 rings (SSSR count). The van der Waals surface area contributed by atoms with Crippen molar-refractivity contribution in [3.63, 3.8) is 0 Å². The highest BCUT2D eigenvalue weighted by molar-refractivity contribution is 5.78. The van der Waals surface area contributed by atoms with Crippen molar-refractivity contribution in [1.29, 1.82) is 0 Å². The predicted octanol–water partition coefficient (Wildman–Crippen LogP) is 1.35. The Kier molecular flexibility index (Phi) is 4.31. The zero-order valence-electron chi connectivity index (χ0n) is 9.64. The minimum atomic E-state index is -0.648. The number of carbonyl (C=O) groups excluding carboxylic acids is 1. The zero-order chi connectivity index (χ0) is 12.1. The molecule has 4 N–H and O–H groups in total. The molecular formula is C12H18N2O2. The highest BCUT2D eigenvalue weighted by atomic mass is 16.5. The number of amides is 1. The summed E-state index contributed by atoms with van der Waals surface area (Å²) < 4.78 is 5.48. The van der Waals surface area contributed by atoms with Crippen LogP contribution in [0.3, 0.4) is 0 Å². The van der Waals surface area contributed by atoms with E-state index in [-0.39, 0.29) is 6.04 Å². The van der Waals surface area contributed by atoms with Crippen molar-refractivity contribution in [2.45, 2.75) is 32.4 Å². The van der Waals surface area contributed by atoms with E-state index < -0.39 is 12.0 Å². The molecule has 4 heteroatoms. The van der Waals surface area contributed by atoms with E-state index in [4.69, 9.17) is 16.2 Å². The van der Waals surface area contributed by atoms with E-state index in [1.54, 1.807) is 13.0 Å². The quantitative estimate of drug-likeness (QED) is 0.789. The maximum Gasteiger partial charge on any atom is 0.258 e. The van der Waals surface area contributed by atoms with Crippen molar-refractivity contribution in [3.05, 3.63) is 29.8 Å². The van der Waals surface area contributed by atoms with Crippen LogP contribution in [-0.2, 0) is 4.79 Å². The van der Waals surface area contributed by atoms with Gasteiger partial charge in [0.15, 0.2) is 6.10 Å². The van der Waals surface area contributed by atoms with Crippen molar-refractivity contribution < 1.29 is 9.53 Å². The third-order valence-corrected chi connectivity index (χ3v) is 2.46. The Labute approximate surface area is 95.6 Å². The molecule has 0 aliphatic rings. The van der Waals surface area contributed by atoms with Crippen LogP contribution in [-0.4, -0.2) is 12.0 Å². The lowest BCUT2D eigenvalue weighted by molar-refractivity contribution is -0.124. The van der Waals surface area contributed by atoms with Gasteiger partial charge < -0.3 is 16.2 Å². The van der Waals surface area contributed by atoms with Crippen LogP contribution in [0.25, 0.3) is 0 Å². The number of nitrogens with two attached hydrogens (primary N) is 2. The van der Waals surface area contributed by atoms with E-state index in [9.17, 15) is 4.79 Å². The van der Waals surface area contributed by atoms with E-state index >= 15 is 0 Å². The second-order valence-electron chi connectivity index (χ2n) is 3.72. The Balaban J connectivity index is 2.90. The molecule has 0 radical (unpaired) electrons. The van der Waals surface area contributed by atoms with Gasteiger partial charge in [-0.1, -0.05) is 25.1 Å². The summed E-state index contributed by atoms with van der Waals surface area (Å²) >= 11 is 0. The van der Waals surface area contributed by atoms with E-state index in [0.717, 1.165) is 12.0 Å². The van der Waals surface area contributed by atoms with Crippen molar-refractivity contribution in [1.82, 2.24) is 0 Å². The fourth-order valence-corrected chi connectivity index (χ4v) is 1.36. The number of hydrogen-bond acceptors (Lipinski definition) is 3. The van der Waals surface area contributed by atoms with E-state index in [1.807, 2.05) is 25.1 Å². The molecule has 4 nitrogen and oxygen atoms in total. The number of hydrogen-bond donors (Lipinski definition) is 2. The summed E-state index contributed by atoms with van der Waals surface area (Å²) in [6, 6.07) is 7.35. The molecule has 0 saturated carbocycles. The Hall–Kier alpha value is -1.55. The van der Waals surface area contributed by atoms with Gasteiger partial charge in [0, 0.05) is 11.6 Å². The van der Waals surface area contributed by atoms with E-state index in [1.165, 1.54) is 0 Å². The molecule has 2 unspecified atom stereocenters. The summed E-state index contributed by atoms with van der Waals surface area (Å²) in [6.07, 6.45) is 0.163. The molecule has 0 aliphatic heterocycles. The van der Waals surface area contributed by atoms with Gasteiger partial charge in [0.05, 0.1) is 0 Å². The van der Waals surface area contributed by atoms with Crippen LogP contribution in [0, 0.1) is 0 Å². The van der Waals surface area contributed by atoms with Crippen LogP contribution in [0.4, 0.5) is 0 Å². The molecule has 0 heterocycles. The normalized spacial score (nSPS) is 14.2. The summed E-state index contributed by atoms with van der Waals surface area (Å²) in [5.74, 6) is 0.142. The van der Waals surface area contributed by atoms with Gasteiger partial charge in [-0.05, 0) is 19.4 Å². The average Bonchev–Trinajstić information content (AvgIpc) is 2.28. The second-order valence-corrected chi connectivity index (χ2v) is 3.72. The summed E-state index contributed by atoms with van der Waals surface area (Å²) in [5, 5.41) is 0. The van der Waals surface area contributed by atoms with Crippen LogP contribution in [0.2, 0.25) is 0 Å². The molecule has 0 spiro atoms. The van der Waals surface area contributed by atoms with Gasteiger partial charge >= 0.3 is 0 Å². The van der Waals surface area contributed by atoms with Gasteiger partial charge in [-0.2, -0.15) is 0 Å². The van der Waals surface area contributed by atoms with Gasteiger partial charge in [-0.25, -0.2) is 0 Å². The van der Waals surface area contributed by atoms with Crippen LogP contribution in [0.15, 0.2) is 24.3 Å². The van der Waals surface area contributed by atoms with Crippen LogP contribution < -0.4 is 16.2 Å². The molecule has 1 aromatic carbocycles. The molecule has 1 amide bonds. The lowest BCUT2D eigenvalue weighted by Crippen LogP contribution is -2.31. The number of benzene rings is 1. The number of carbonyl (C=O) groups is 1. The minimum absolute atomic E-state index is 0.0868. The highest BCUT2D eigenvalue weighted by Crippen LogP contribution is 2.26. The van der Waals surface area contributed by atoms with E-state index in [0.29, 0.717) is 5.75 Å². The van der Waals surface area contributed by atoms with Crippen molar-refractivity contribution in [2.75, 3.05) is 0 Å². The number of rotatable bonds is 5. The van der Waals surface area contributed by atoms with Gasteiger partial charge in [-0.15, -0.1) is 0 Å². The van der Waals surface area contributed by atoms with Crippen molar-refractivity contribution >= 4 is 5.91 Å². The summed E-state index contributed by atoms with van der Waals surface area (Å²) in [6.45, 7) is 3.62.